The summed E-state index contributed by atoms with van der Waals surface area (Å²) in [5.41, 5.74) is 8.69. The highest BCUT2D eigenvalue weighted by molar-refractivity contribution is 6.17. The van der Waals surface area contributed by atoms with Gasteiger partial charge in [0.15, 0.2) is 17.5 Å². The number of aryl methyl sites for hydroxylation is 1. The standard InChI is InChI=1S/C43H27N3O2/c1-3-12-26(13-4-1)41-44-42(27-14-5-2-6-15-27)46-43(45-41)33-19-11-21-36-40(33)32-23-22-28(24-37(32)48-36)34-25-38-39(30-17-8-7-16-29(30)34)31-18-9-10-20-35(31)47-38/h1-9,11-19,21-25H,10,20H2. The van der Waals surface area contributed by atoms with E-state index in [1.165, 1.54) is 21.7 Å². The van der Waals surface area contributed by atoms with E-state index < -0.39 is 0 Å². The van der Waals surface area contributed by atoms with E-state index in [4.69, 9.17) is 23.8 Å². The zero-order chi connectivity index (χ0) is 31.6. The van der Waals surface area contributed by atoms with E-state index in [1.807, 2.05) is 72.8 Å². The van der Waals surface area contributed by atoms with Gasteiger partial charge in [0.1, 0.15) is 22.5 Å². The molecule has 3 aromatic heterocycles. The van der Waals surface area contributed by atoms with Gasteiger partial charge in [-0.2, -0.15) is 0 Å². The SMILES string of the molecule is C1=Cc2c(oc3cc(-c4ccc5c(c4)oc4cccc(-c6nc(-c7ccccc7)nc(-c7ccccc7)n6)c45)c4ccccc4c23)CC1. The first-order chi connectivity index (χ1) is 23.8. The molecule has 226 valence electrons. The lowest BCUT2D eigenvalue weighted by molar-refractivity contribution is 0.546. The number of hydrogen-bond donors (Lipinski definition) is 0. The molecule has 9 aromatic rings. The smallest absolute Gasteiger partial charge is 0.164 e. The number of fused-ring (bicyclic) bond motifs is 8. The van der Waals surface area contributed by atoms with Crippen molar-refractivity contribution in [2.24, 2.45) is 0 Å². The molecular formula is C43H27N3O2. The minimum Gasteiger partial charge on any atom is -0.460 e. The first-order valence-corrected chi connectivity index (χ1v) is 16.3. The molecule has 0 radical (unpaired) electrons. The third-order valence-electron chi connectivity index (χ3n) is 9.38. The third kappa shape index (κ3) is 4.21. The van der Waals surface area contributed by atoms with E-state index in [2.05, 4.69) is 66.7 Å². The van der Waals surface area contributed by atoms with Crippen LogP contribution >= 0.6 is 0 Å². The largest absolute Gasteiger partial charge is 0.460 e. The van der Waals surface area contributed by atoms with Crippen molar-refractivity contribution in [3.8, 4) is 45.3 Å². The lowest BCUT2D eigenvalue weighted by atomic mass is 9.92. The van der Waals surface area contributed by atoms with Crippen molar-refractivity contribution < 1.29 is 8.83 Å². The predicted octanol–water partition coefficient (Wildman–Crippen LogP) is 11.3. The monoisotopic (exact) mass is 617 g/mol. The van der Waals surface area contributed by atoms with Crippen molar-refractivity contribution >= 4 is 49.8 Å². The van der Waals surface area contributed by atoms with Crippen LogP contribution in [0.15, 0.2) is 142 Å². The molecular weight excluding hydrogens is 590 g/mol. The second-order valence-corrected chi connectivity index (χ2v) is 12.3. The number of rotatable bonds is 4. The fraction of sp³-hybridized carbons (Fsp3) is 0.0465. The first kappa shape index (κ1) is 26.8. The van der Waals surface area contributed by atoms with Gasteiger partial charge in [-0.05, 0) is 52.6 Å². The number of aromatic nitrogens is 3. The fourth-order valence-corrected chi connectivity index (χ4v) is 7.16. The Morgan fingerprint density at radius 1 is 0.458 bits per heavy atom. The van der Waals surface area contributed by atoms with Crippen LogP contribution in [-0.4, -0.2) is 15.0 Å². The normalized spacial score (nSPS) is 12.8. The molecule has 0 saturated carbocycles. The molecule has 1 aliphatic carbocycles. The van der Waals surface area contributed by atoms with Crippen LogP contribution in [0.1, 0.15) is 17.7 Å². The van der Waals surface area contributed by atoms with Crippen molar-refractivity contribution in [1.82, 2.24) is 15.0 Å². The van der Waals surface area contributed by atoms with Crippen molar-refractivity contribution in [3.05, 3.63) is 145 Å². The van der Waals surface area contributed by atoms with Gasteiger partial charge in [-0.25, -0.2) is 15.0 Å². The summed E-state index contributed by atoms with van der Waals surface area (Å²) >= 11 is 0. The molecule has 0 fully saturated rings. The number of furan rings is 2. The highest BCUT2D eigenvalue weighted by atomic mass is 16.3. The summed E-state index contributed by atoms with van der Waals surface area (Å²) in [7, 11) is 0. The van der Waals surface area contributed by atoms with Crippen molar-refractivity contribution in [2.45, 2.75) is 12.8 Å². The molecule has 5 heteroatoms. The van der Waals surface area contributed by atoms with Gasteiger partial charge in [-0.1, -0.05) is 115 Å². The summed E-state index contributed by atoms with van der Waals surface area (Å²) in [6, 6.07) is 43.5. The Hall–Kier alpha value is -6.33. The van der Waals surface area contributed by atoms with E-state index in [0.717, 1.165) is 73.9 Å². The molecule has 6 aromatic carbocycles. The molecule has 0 amide bonds. The van der Waals surface area contributed by atoms with Gasteiger partial charge in [0.2, 0.25) is 0 Å². The zero-order valence-electron chi connectivity index (χ0n) is 25.9. The van der Waals surface area contributed by atoms with E-state index in [9.17, 15) is 0 Å². The summed E-state index contributed by atoms with van der Waals surface area (Å²) < 4.78 is 13.0. The fourth-order valence-electron chi connectivity index (χ4n) is 7.16. The Kier molecular flexibility index (Phi) is 5.93. The number of nitrogens with zero attached hydrogens (tertiary/aromatic N) is 3. The van der Waals surface area contributed by atoms with Crippen LogP contribution in [-0.2, 0) is 6.42 Å². The molecule has 1 aliphatic rings. The molecule has 0 spiro atoms. The molecule has 0 unspecified atom stereocenters. The quantitative estimate of drug-likeness (QED) is 0.197. The lowest BCUT2D eigenvalue weighted by Gasteiger charge is -2.10. The highest BCUT2D eigenvalue weighted by Crippen LogP contribution is 2.43. The van der Waals surface area contributed by atoms with Crippen molar-refractivity contribution in [1.29, 1.82) is 0 Å². The second kappa shape index (κ2) is 10.6. The predicted molar refractivity (Wildman–Crippen MR) is 193 cm³/mol. The Morgan fingerprint density at radius 3 is 1.94 bits per heavy atom. The van der Waals surface area contributed by atoms with Gasteiger partial charge in [-0.15, -0.1) is 0 Å². The molecule has 3 heterocycles. The number of hydrogen-bond acceptors (Lipinski definition) is 5. The molecule has 0 saturated heterocycles. The summed E-state index contributed by atoms with van der Waals surface area (Å²) in [6.07, 6.45) is 6.39. The minimum atomic E-state index is 0.604. The Bertz CT molecular complexity index is 2660. The molecule has 5 nitrogen and oxygen atoms in total. The highest BCUT2D eigenvalue weighted by Gasteiger charge is 2.21. The molecule has 10 rings (SSSR count). The Labute approximate surface area is 275 Å². The molecule has 48 heavy (non-hydrogen) atoms. The second-order valence-electron chi connectivity index (χ2n) is 12.3. The van der Waals surface area contributed by atoms with Gasteiger partial charge in [-0.3, -0.25) is 0 Å². The summed E-state index contributed by atoms with van der Waals surface area (Å²) in [5.74, 6) is 2.93. The van der Waals surface area contributed by atoms with E-state index in [1.54, 1.807) is 0 Å². The van der Waals surface area contributed by atoms with Crippen molar-refractivity contribution in [3.63, 3.8) is 0 Å². The molecule has 0 N–H and O–H groups in total. The third-order valence-corrected chi connectivity index (χ3v) is 9.38. The van der Waals surface area contributed by atoms with Crippen LogP contribution in [0.3, 0.4) is 0 Å². The maximum absolute atomic E-state index is 6.57. The average molecular weight is 618 g/mol. The zero-order valence-corrected chi connectivity index (χ0v) is 25.9. The van der Waals surface area contributed by atoms with Crippen LogP contribution in [0, 0.1) is 0 Å². The molecule has 0 bridgehead atoms. The summed E-state index contributed by atoms with van der Waals surface area (Å²) in [4.78, 5) is 14.9. The van der Waals surface area contributed by atoms with Gasteiger partial charge >= 0.3 is 0 Å². The van der Waals surface area contributed by atoms with Crippen LogP contribution in [0.5, 0.6) is 0 Å². The van der Waals surface area contributed by atoms with Crippen LogP contribution in [0.2, 0.25) is 0 Å². The van der Waals surface area contributed by atoms with E-state index in [-0.39, 0.29) is 0 Å². The maximum atomic E-state index is 6.57. The van der Waals surface area contributed by atoms with Crippen LogP contribution in [0.4, 0.5) is 0 Å². The van der Waals surface area contributed by atoms with Gasteiger partial charge < -0.3 is 8.83 Å². The minimum absolute atomic E-state index is 0.604. The summed E-state index contributed by atoms with van der Waals surface area (Å²) in [6.45, 7) is 0. The summed E-state index contributed by atoms with van der Waals surface area (Å²) in [5, 5.41) is 5.57. The topological polar surface area (TPSA) is 65.0 Å². The maximum Gasteiger partial charge on any atom is 0.164 e. The lowest BCUT2D eigenvalue weighted by Crippen LogP contribution is -2.00. The first-order valence-electron chi connectivity index (χ1n) is 16.3. The van der Waals surface area contributed by atoms with Crippen LogP contribution in [0.25, 0.3) is 95.0 Å². The van der Waals surface area contributed by atoms with Gasteiger partial charge in [0, 0.05) is 44.8 Å². The number of allylic oxidation sites excluding steroid dienone is 1. The molecule has 0 atom stereocenters. The van der Waals surface area contributed by atoms with E-state index in [0.29, 0.717) is 17.5 Å². The van der Waals surface area contributed by atoms with Crippen LogP contribution < -0.4 is 0 Å². The average Bonchev–Trinajstić information content (AvgIpc) is 3.73. The van der Waals surface area contributed by atoms with Gasteiger partial charge in [0.25, 0.3) is 0 Å². The van der Waals surface area contributed by atoms with Crippen molar-refractivity contribution in [2.75, 3.05) is 0 Å². The van der Waals surface area contributed by atoms with Gasteiger partial charge in [0.05, 0.1) is 0 Å². The molecule has 0 aliphatic heterocycles. The number of benzene rings is 6. The Balaban J connectivity index is 1.17. The Morgan fingerprint density at radius 2 is 1.17 bits per heavy atom. The van der Waals surface area contributed by atoms with E-state index >= 15 is 0 Å².